The fourth-order valence-corrected chi connectivity index (χ4v) is 8.76. The minimum absolute atomic E-state index is 0.0654. The lowest BCUT2D eigenvalue weighted by atomic mass is 9.44. The quantitative estimate of drug-likeness (QED) is 0.490. The lowest BCUT2D eigenvalue weighted by molar-refractivity contribution is -0.179. The van der Waals surface area contributed by atoms with Gasteiger partial charge in [0.1, 0.15) is 17.2 Å². The second-order valence-corrected chi connectivity index (χ2v) is 11.5. The van der Waals surface area contributed by atoms with Crippen molar-refractivity contribution in [2.75, 3.05) is 6.61 Å². The monoisotopic (exact) mass is 482 g/mol. The molecule has 4 rings (SSSR count). The van der Waals surface area contributed by atoms with E-state index in [-0.39, 0.29) is 51.9 Å². The van der Waals surface area contributed by atoms with Crippen LogP contribution in [0.4, 0.5) is 0 Å². The molecule has 4 fully saturated rings. The van der Waals surface area contributed by atoms with Crippen molar-refractivity contribution < 1.29 is 29.0 Å². The molecule has 30 heavy (non-hydrogen) atoms. The van der Waals surface area contributed by atoms with E-state index in [2.05, 4.69) is 22.9 Å². The van der Waals surface area contributed by atoms with E-state index in [9.17, 15) is 24.3 Å². The summed E-state index contributed by atoms with van der Waals surface area (Å²) in [5.41, 5.74) is -2.72. The number of hydrogen-bond acceptors (Lipinski definition) is 6. The van der Waals surface area contributed by atoms with Gasteiger partial charge >= 0.3 is 5.97 Å². The SMILES string of the molecule is CC(=O)OCC(=O)[C@@]1(O)CC[C@H]2[C@@H]3CCC4C(Br)C(=O)CC[C@]4(C)[C@H]3C(=O)C[C@@]21C. The average molecular weight is 483 g/mol. The Morgan fingerprint density at radius 1 is 1.10 bits per heavy atom. The van der Waals surface area contributed by atoms with E-state index in [4.69, 9.17) is 4.74 Å². The third kappa shape index (κ3) is 2.90. The molecular weight excluding hydrogens is 452 g/mol. The van der Waals surface area contributed by atoms with E-state index in [0.717, 1.165) is 19.3 Å². The molecule has 2 unspecified atom stereocenters. The fourth-order valence-electron chi connectivity index (χ4n) is 7.66. The van der Waals surface area contributed by atoms with Crippen LogP contribution in [0.5, 0.6) is 0 Å². The molecule has 8 atom stereocenters. The molecule has 0 aromatic rings. The highest BCUT2D eigenvalue weighted by atomic mass is 79.9. The number of ketones is 3. The molecule has 0 aliphatic heterocycles. The maximum atomic E-state index is 13.6. The first-order valence-electron chi connectivity index (χ1n) is 11.0. The summed E-state index contributed by atoms with van der Waals surface area (Å²) in [6.07, 6.45) is 4.07. The molecule has 1 N–H and O–H groups in total. The molecule has 0 aromatic carbocycles. The van der Waals surface area contributed by atoms with E-state index in [1.807, 2.05) is 6.92 Å². The van der Waals surface area contributed by atoms with Crippen molar-refractivity contribution in [1.29, 1.82) is 0 Å². The third-order valence-corrected chi connectivity index (χ3v) is 10.4. The molecule has 0 aromatic heterocycles. The maximum absolute atomic E-state index is 13.6. The average Bonchev–Trinajstić information content (AvgIpc) is 2.94. The Labute approximate surface area is 185 Å². The molecule has 0 spiro atoms. The fraction of sp³-hybridized carbons (Fsp3) is 0.826. The number of Topliss-reactive ketones (excluding diaryl/α,β-unsaturated/α-hetero) is 3. The smallest absolute Gasteiger partial charge is 0.303 e. The predicted octanol–water partition coefficient (Wildman–Crippen LogP) is 3.01. The number of carbonyl (C=O) groups excluding carboxylic acids is 4. The van der Waals surface area contributed by atoms with Crippen molar-refractivity contribution in [3.63, 3.8) is 0 Å². The molecule has 4 saturated carbocycles. The molecular formula is C23H31BrO6. The summed E-state index contributed by atoms with van der Waals surface area (Å²) in [6.45, 7) is 4.82. The summed E-state index contributed by atoms with van der Waals surface area (Å²) in [4.78, 5) is 49.7. The zero-order valence-corrected chi connectivity index (χ0v) is 19.5. The normalized spacial score (nSPS) is 47.8. The van der Waals surface area contributed by atoms with Crippen LogP contribution in [-0.2, 0) is 23.9 Å². The van der Waals surface area contributed by atoms with Gasteiger partial charge in [0.15, 0.2) is 6.61 Å². The summed E-state index contributed by atoms with van der Waals surface area (Å²) < 4.78 is 4.88. The van der Waals surface area contributed by atoms with Crippen LogP contribution in [0.1, 0.15) is 65.7 Å². The summed E-state index contributed by atoms with van der Waals surface area (Å²) in [7, 11) is 0. The van der Waals surface area contributed by atoms with Gasteiger partial charge in [0.05, 0.1) is 4.83 Å². The number of fused-ring (bicyclic) bond motifs is 5. The van der Waals surface area contributed by atoms with Crippen LogP contribution in [0.3, 0.4) is 0 Å². The van der Waals surface area contributed by atoms with E-state index < -0.39 is 29.4 Å². The Morgan fingerprint density at radius 2 is 1.80 bits per heavy atom. The molecule has 0 heterocycles. The van der Waals surface area contributed by atoms with Gasteiger partial charge in [-0.1, -0.05) is 29.8 Å². The number of aliphatic hydroxyl groups is 1. The number of halogens is 1. The molecule has 4 aliphatic rings. The van der Waals surface area contributed by atoms with Gasteiger partial charge in [0, 0.05) is 31.1 Å². The third-order valence-electron chi connectivity index (χ3n) is 9.22. The first-order chi connectivity index (χ1) is 14.0. The number of hydrogen-bond donors (Lipinski definition) is 1. The van der Waals surface area contributed by atoms with Crippen LogP contribution in [-0.4, -0.2) is 45.5 Å². The molecule has 7 heteroatoms. The van der Waals surface area contributed by atoms with Crippen LogP contribution in [0.2, 0.25) is 0 Å². The number of rotatable bonds is 3. The molecule has 6 nitrogen and oxygen atoms in total. The van der Waals surface area contributed by atoms with Crippen molar-refractivity contribution >= 4 is 39.2 Å². The molecule has 166 valence electrons. The zero-order valence-electron chi connectivity index (χ0n) is 17.9. The second-order valence-electron chi connectivity index (χ2n) is 10.5. The van der Waals surface area contributed by atoms with Gasteiger partial charge in [-0.05, 0) is 55.3 Å². The Balaban J connectivity index is 1.65. The standard InChI is InChI=1S/C23H31BrO6/c1-12(25)30-11-18(28)23(29)9-6-14-13-4-5-15-20(24)16(26)7-8-21(15,2)19(13)17(27)10-22(14,23)3/h13-15,19-20,29H,4-11H2,1-3H3/t13-,14-,15?,19+,20?,21-,22-,23-/m0/s1. The lowest BCUT2D eigenvalue weighted by Gasteiger charge is -2.60. The van der Waals surface area contributed by atoms with Gasteiger partial charge < -0.3 is 9.84 Å². The van der Waals surface area contributed by atoms with Gasteiger partial charge in [0.25, 0.3) is 0 Å². The molecule has 4 aliphatic carbocycles. The molecule has 0 bridgehead atoms. The highest BCUT2D eigenvalue weighted by molar-refractivity contribution is 9.10. The number of ether oxygens (including phenoxy) is 1. The lowest BCUT2D eigenvalue weighted by Crippen LogP contribution is -2.63. The van der Waals surface area contributed by atoms with E-state index in [1.54, 1.807) is 0 Å². The summed E-state index contributed by atoms with van der Waals surface area (Å²) in [5, 5.41) is 11.5. The van der Waals surface area contributed by atoms with Crippen LogP contribution in [0.15, 0.2) is 0 Å². The van der Waals surface area contributed by atoms with E-state index in [0.29, 0.717) is 19.3 Å². The minimum atomic E-state index is -1.65. The number of alkyl halides is 1. The van der Waals surface area contributed by atoms with Crippen LogP contribution < -0.4 is 0 Å². The molecule has 0 amide bonds. The Bertz CT molecular complexity index is 810. The van der Waals surface area contributed by atoms with Crippen LogP contribution in [0, 0.1) is 34.5 Å². The first-order valence-corrected chi connectivity index (χ1v) is 12.0. The van der Waals surface area contributed by atoms with Crippen LogP contribution >= 0.6 is 15.9 Å². The van der Waals surface area contributed by atoms with E-state index in [1.165, 1.54) is 6.92 Å². The Kier molecular flexibility index (Phi) is 5.33. The summed E-state index contributed by atoms with van der Waals surface area (Å²) in [5.74, 6) is -0.522. The van der Waals surface area contributed by atoms with Crippen molar-refractivity contribution in [3.05, 3.63) is 0 Å². The Hall–Kier alpha value is -1.08. The van der Waals surface area contributed by atoms with Gasteiger partial charge in [-0.25, -0.2) is 0 Å². The van der Waals surface area contributed by atoms with E-state index >= 15 is 0 Å². The topological polar surface area (TPSA) is 97.7 Å². The maximum Gasteiger partial charge on any atom is 0.303 e. The van der Waals surface area contributed by atoms with Crippen molar-refractivity contribution in [1.82, 2.24) is 0 Å². The predicted molar refractivity (Wildman–Crippen MR) is 112 cm³/mol. The second kappa shape index (κ2) is 7.22. The van der Waals surface area contributed by atoms with Gasteiger partial charge in [-0.3, -0.25) is 19.2 Å². The van der Waals surface area contributed by atoms with Crippen LogP contribution in [0.25, 0.3) is 0 Å². The van der Waals surface area contributed by atoms with Crippen molar-refractivity contribution in [3.8, 4) is 0 Å². The number of carbonyl (C=O) groups is 4. The van der Waals surface area contributed by atoms with Crippen molar-refractivity contribution in [2.45, 2.75) is 76.1 Å². The zero-order chi connectivity index (χ0) is 22.1. The molecule has 0 radical (unpaired) electrons. The Morgan fingerprint density at radius 3 is 2.47 bits per heavy atom. The first kappa shape index (κ1) is 22.1. The highest BCUT2D eigenvalue weighted by Crippen LogP contribution is 2.67. The summed E-state index contributed by atoms with van der Waals surface area (Å²) >= 11 is 3.61. The summed E-state index contributed by atoms with van der Waals surface area (Å²) in [6, 6.07) is 0. The van der Waals surface area contributed by atoms with Gasteiger partial charge in [-0.15, -0.1) is 0 Å². The van der Waals surface area contributed by atoms with Gasteiger partial charge in [-0.2, -0.15) is 0 Å². The minimum Gasteiger partial charge on any atom is -0.458 e. The molecule has 0 saturated heterocycles. The number of esters is 1. The van der Waals surface area contributed by atoms with Crippen molar-refractivity contribution in [2.24, 2.45) is 34.5 Å². The van der Waals surface area contributed by atoms with Gasteiger partial charge in [0.2, 0.25) is 5.78 Å². The highest BCUT2D eigenvalue weighted by Gasteiger charge is 2.69. The largest absolute Gasteiger partial charge is 0.458 e.